The minimum absolute atomic E-state index is 0.107. The van der Waals surface area contributed by atoms with E-state index < -0.39 is 0 Å². The molecule has 0 spiro atoms. The number of ketones is 2. The number of carbonyl (C=O) groups is 2. The number of hydrogen-bond donors (Lipinski definition) is 2. The van der Waals surface area contributed by atoms with Gasteiger partial charge in [-0.2, -0.15) is 0 Å². The maximum absolute atomic E-state index is 13.0. The molecule has 2 N–H and O–H groups in total. The Hall–Kier alpha value is -2.66. The molecule has 5 heteroatoms. The van der Waals surface area contributed by atoms with E-state index in [4.69, 9.17) is 0 Å². The molecule has 0 saturated heterocycles. The molecule has 0 bridgehead atoms. The van der Waals surface area contributed by atoms with Crippen molar-refractivity contribution in [1.29, 1.82) is 0 Å². The number of rotatable bonds is 0. The van der Waals surface area contributed by atoms with Crippen LogP contribution in [0.4, 0.5) is 11.4 Å². The lowest BCUT2D eigenvalue weighted by Gasteiger charge is -2.37. The fraction of sp³-hybridized carbons (Fsp3) is 0.222. The van der Waals surface area contributed by atoms with Crippen LogP contribution in [0.3, 0.4) is 0 Å². The Morgan fingerprint density at radius 1 is 1.00 bits per heavy atom. The van der Waals surface area contributed by atoms with Crippen LogP contribution in [0.25, 0.3) is 0 Å². The fourth-order valence-electron chi connectivity index (χ4n) is 3.52. The maximum atomic E-state index is 13.0. The molecular weight excluding hydrogens is 292 g/mol. The predicted molar refractivity (Wildman–Crippen MR) is 88.4 cm³/mol. The van der Waals surface area contributed by atoms with Crippen molar-refractivity contribution in [3.63, 3.8) is 0 Å². The SMILES string of the molecule is C[N+]1(C)CCNc2c1ccc1c2C(=O)c2c(O)cccc2C1=O. The molecule has 0 unspecified atom stereocenters. The van der Waals surface area contributed by atoms with Gasteiger partial charge in [0.2, 0.25) is 5.78 Å². The highest BCUT2D eigenvalue weighted by Crippen LogP contribution is 2.42. The van der Waals surface area contributed by atoms with Gasteiger partial charge < -0.3 is 10.4 Å². The van der Waals surface area contributed by atoms with Crippen molar-refractivity contribution < 1.29 is 14.7 Å². The molecule has 116 valence electrons. The molecule has 1 aliphatic heterocycles. The van der Waals surface area contributed by atoms with Crippen LogP contribution in [0.15, 0.2) is 30.3 Å². The van der Waals surface area contributed by atoms with Crippen molar-refractivity contribution in [3.8, 4) is 5.75 Å². The molecule has 23 heavy (non-hydrogen) atoms. The highest BCUT2D eigenvalue weighted by Gasteiger charge is 2.38. The number of aromatic hydroxyl groups is 1. The normalized spacial score (nSPS) is 17.8. The molecule has 0 aromatic heterocycles. The first-order chi connectivity index (χ1) is 10.9. The summed E-state index contributed by atoms with van der Waals surface area (Å²) < 4.78 is 0.644. The third kappa shape index (κ3) is 1.77. The van der Waals surface area contributed by atoms with Crippen LogP contribution in [-0.2, 0) is 0 Å². The summed E-state index contributed by atoms with van der Waals surface area (Å²) >= 11 is 0. The lowest BCUT2D eigenvalue weighted by atomic mass is 9.82. The van der Waals surface area contributed by atoms with Crippen molar-refractivity contribution in [3.05, 3.63) is 52.6 Å². The second kappa shape index (κ2) is 4.43. The van der Waals surface area contributed by atoms with E-state index in [1.165, 1.54) is 6.07 Å². The first kappa shape index (κ1) is 14.0. The molecule has 0 fully saturated rings. The summed E-state index contributed by atoms with van der Waals surface area (Å²) in [6.07, 6.45) is 0. The summed E-state index contributed by atoms with van der Waals surface area (Å²) in [5.74, 6) is -0.654. The lowest BCUT2D eigenvalue weighted by Crippen LogP contribution is -2.48. The highest BCUT2D eigenvalue weighted by atomic mass is 16.3. The van der Waals surface area contributed by atoms with Crippen LogP contribution in [0, 0.1) is 0 Å². The molecule has 1 heterocycles. The van der Waals surface area contributed by atoms with Crippen LogP contribution in [0.2, 0.25) is 0 Å². The molecule has 2 aromatic carbocycles. The van der Waals surface area contributed by atoms with E-state index in [1.807, 2.05) is 6.07 Å². The van der Waals surface area contributed by atoms with Crippen LogP contribution < -0.4 is 9.80 Å². The molecular formula is C18H17N2O3+. The van der Waals surface area contributed by atoms with Gasteiger partial charge in [-0.05, 0) is 12.1 Å². The van der Waals surface area contributed by atoms with Gasteiger partial charge in [0.1, 0.15) is 18.0 Å². The number of nitrogens with zero attached hydrogens (tertiary/aromatic N) is 1. The van der Waals surface area contributed by atoms with Crippen molar-refractivity contribution in [2.24, 2.45) is 0 Å². The minimum atomic E-state index is -0.293. The number of phenols is 1. The second-order valence-corrected chi connectivity index (χ2v) is 6.58. The lowest BCUT2D eigenvalue weighted by molar-refractivity contribution is 0.0977. The zero-order valence-electron chi connectivity index (χ0n) is 13.0. The van der Waals surface area contributed by atoms with Crippen molar-refractivity contribution in [2.75, 3.05) is 32.5 Å². The van der Waals surface area contributed by atoms with Crippen LogP contribution in [0.1, 0.15) is 31.8 Å². The Morgan fingerprint density at radius 2 is 1.74 bits per heavy atom. The van der Waals surface area contributed by atoms with Crippen LogP contribution in [-0.4, -0.2) is 43.9 Å². The molecule has 0 saturated carbocycles. The summed E-state index contributed by atoms with van der Waals surface area (Å²) in [5, 5.41) is 13.4. The quantitative estimate of drug-likeness (QED) is 0.625. The predicted octanol–water partition coefficient (Wildman–Crippen LogP) is 2.16. The van der Waals surface area contributed by atoms with Gasteiger partial charge in [-0.25, -0.2) is 0 Å². The van der Waals surface area contributed by atoms with Gasteiger partial charge >= 0.3 is 0 Å². The fourth-order valence-corrected chi connectivity index (χ4v) is 3.52. The summed E-state index contributed by atoms with van der Waals surface area (Å²) in [5.41, 5.74) is 2.86. The van der Waals surface area contributed by atoms with Crippen molar-refractivity contribution >= 4 is 22.9 Å². The van der Waals surface area contributed by atoms with Gasteiger partial charge in [-0.3, -0.25) is 14.1 Å². The summed E-state index contributed by atoms with van der Waals surface area (Å²) in [6.45, 7) is 1.63. The number of nitrogens with one attached hydrogen (secondary N) is 1. The smallest absolute Gasteiger partial charge is 0.200 e. The van der Waals surface area contributed by atoms with Gasteiger partial charge in [-0.1, -0.05) is 12.1 Å². The first-order valence-corrected chi connectivity index (χ1v) is 7.57. The number of carbonyl (C=O) groups excluding carboxylic acids is 2. The third-order valence-corrected chi connectivity index (χ3v) is 4.79. The Morgan fingerprint density at radius 3 is 2.52 bits per heavy atom. The summed E-state index contributed by atoms with van der Waals surface area (Å²) in [6, 6.07) is 8.26. The van der Waals surface area contributed by atoms with E-state index in [-0.39, 0.29) is 28.4 Å². The largest absolute Gasteiger partial charge is 0.507 e. The van der Waals surface area contributed by atoms with Crippen molar-refractivity contribution in [2.45, 2.75) is 0 Å². The van der Waals surface area contributed by atoms with Gasteiger partial charge in [0.05, 0.1) is 31.8 Å². The van der Waals surface area contributed by atoms with Gasteiger partial charge in [0, 0.05) is 17.2 Å². The number of hydrogen-bond acceptors (Lipinski definition) is 4. The van der Waals surface area contributed by atoms with Gasteiger partial charge in [-0.15, -0.1) is 0 Å². The number of benzene rings is 2. The topological polar surface area (TPSA) is 66.4 Å². The Kier molecular flexibility index (Phi) is 2.69. The van der Waals surface area contributed by atoms with Crippen molar-refractivity contribution in [1.82, 2.24) is 4.48 Å². The molecule has 4 rings (SSSR count). The van der Waals surface area contributed by atoms with Crippen LogP contribution >= 0.6 is 0 Å². The average molecular weight is 309 g/mol. The average Bonchev–Trinajstić information content (AvgIpc) is 2.51. The number of fused-ring (bicyclic) bond motifs is 4. The molecule has 2 aliphatic rings. The Labute approximate surface area is 133 Å². The van der Waals surface area contributed by atoms with Gasteiger partial charge in [0.15, 0.2) is 11.5 Å². The minimum Gasteiger partial charge on any atom is -0.507 e. The molecule has 0 radical (unpaired) electrons. The number of likely N-dealkylation sites (N-methyl/N-ethyl adjacent to an activating group) is 1. The molecule has 1 aliphatic carbocycles. The number of quaternary nitrogens is 1. The standard InChI is InChI=1S/C18H16N2O3/c1-20(2)9-8-19-16-12(20)7-6-11-15(16)18(23)14-10(17(11)22)4-3-5-13(14)21/h3-7H,8-9H2,1-2H3,(H-,19,21,23)/p+1. The first-order valence-electron chi connectivity index (χ1n) is 7.57. The number of phenolic OH excluding ortho intramolecular Hbond substituents is 1. The summed E-state index contributed by atoms with van der Waals surface area (Å²) in [4.78, 5) is 25.8. The molecule has 2 aromatic rings. The molecule has 0 amide bonds. The zero-order valence-corrected chi connectivity index (χ0v) is 13.0. The number of anilines is 1. The van der Waals surface area contributed by atoms with E-state index >= 15 is 0 Å². The Balaban J connectivity index is 2.04. The molecule has 5 nitrogen and oxygen atoms in total. The molecule has 0 atom stereocenters. The second-order valence-electron chi connectivity index (χ2n) is 6.58. The zero-order chi connectivity index (χ0) is 16.4. The maximum Gasteiger partial charge on any atom is 0.200 e. The van der Waals surface area contributed by atoms with E-state index in [9.17, 15) is 14.7 Å². The Bertz CT molecular complexity index is 884. The highest BCUT2D eigenvalue weighted by molar-refractivity contribution is 6.31. The van der Waals surface area contributed by atoms with E-state index in [1.54, 1.807) is 18.2 Å². The van der Waals surface area contributed by atoms with Gasteiger partial charge in [0.25, 0.3) is 0 Å². The van der Waals surface area contributed by atoms with E-state index in [0.29, 0.717) is 21.3 Å². The third-order valence-electron chi connectivity index (χ3n) is 4.79. The summed E-state index contributed by atoms with van der Waals surface area (Å²) in [7, 11) is 4.15. The monoisotopic (exact) mass is 309 g/mol. The van der Waals surface area contributed by atoms with E-state index in [2.05, 4.69) is 19.4 Å². The van der Waals surface area contributed by atoms with Crippen LogP contribution in [0.5, 0.6) is 5.75 Å². The van der Waals surface area contributed by atoms with E-state index in [0.717, 1.165) is 18.8 Å².